The zero-order valence-corrected chi connectivity index (χ0v) is 17.4. The number of nitrogens with one attached hydrogen (secondary N) is 2. The number of hydrogen-bond acceptors (Lipinski definition) is 2. The number of aromatic amines is 1. The Bertz CT molecular complexity index is 1150. The van der Waals surface area contributed by atoms with E-state index in [1.165, 1.54) is 17.3 Å². The van der Waals surface area contributed by atoms with Crippen molar-refractivity contribution in [2.24, 2.45) is 0 Å². The van der Waals surface area contributed by atoms with Gasteiger partial charge in [0, 0.05) is 5.69 Å². The lowest BCUT2D eigenvalue weighted by atomic mass is 10.1. The summed E-state index contributed by atoms with van der Waals surface area (Å²) >= 11 is 1.52. The van der Waals surface area contributed by atoms with Gasteiger partial charge in [-0.15, -0.1) is 0 Å². The van der Waals surface area contributed by atoms with Crippen LogP contribution in [0.2, 0.25) is 0 Å². The third-order valence-corrected chi connectivity index (χ3v) is 5.87. The highest BCUT2D eigenvalue weighted by Gasteiger charge is 2.20. The van der Waals surface area contributed by atoms with Gasteiger partial charge in [-0.1, -0.05) is 54.6 Å². The third-order valence-electron chi connectivity index (χ3n) is 4.87. The van der Waals surface area contributed by atoms with E-state index in [1.54, 1.807) is 0 Å². The summed E-state index contributed by atoms with van der Waals surface area (Å²) in [6.45, 7) is 4.79. The molecule has 5 heteroatoms. The molecule has 1 amide bonds. The molecule has 0 spiro atoms. The summed E-state index contributed by atoms with van der Waals surface area (Å²) in [6.07, 6.45) is 0. The van der Waals surface area contributed by atoms with Gasteiger partial charge in [-0.2, -0.15) is 0 Å². The fourth-order valence-corrected chi connectivity index (χ4v) is 4.18. The number of H-pyrrole nitrogens is 1. The molecule has 0 saturated carbocycles. The van der Waals surface area contributed by atoms with Gasteiger partial charge >= 0.3 is 5.16 Å². The average molecular weight is 403 g/mol. The molecule has 1 aromatic heterocycles. The summed E-state index contributed by atoms with van der Waals surface area (Å²) in [4.78, 5) is 16.0. The summed E-state index contributed by atoms with van der Waals surface area (Å²) in [5.41, 5.74) is 6.51. The van der Waals surface area contributed by atoms with Crippen LogP contribution >= 0.6 is 11.8 Å². The molecule has 0 bridgehead atoms. The first-order chi connectivity index (χ1) is 14.1. The number of hydrogen-bond donors (Lipinski definition) is 2. The normalized spacial score (nSPS) is 11.0. The lowest BCUT2D eigenvalue weighted by Crippen LogP contribution is -2.35. The van der Waals surface area contributed by atoms with Gasteiger partial charge in [0.25, 0.3) is 0 Å². The Labute approximate surface area is 175 Å². The van der Waals surface area contributed by atoms with Gasteiger partial charge in [0.05, 0.1) is 5.75 Å². The van der Waals surface area contributed by atoms with E-state index >= 15 is 0 Å². The highest BCUT2D eigenvalue weighted by atomic mass is 32.2. The van der Waals surface area contributed by atoms with Crippen molar-refractivity contribution in [3.63, 3.8) is 0 Å². The summed E-state index contributed by atoms with van der Waals surface area (Å²) < 4.78 is 2.24. The molecule has 4 aromatic rings. The van der Waals surface area contributed by atoms with E-state index in [1.807, 2.05) is 44.2 Å². The molecule has 0 saturated heterocycles. The quantitative estimate of drug-likeness (QED) is 0.358. The molecular formula is C24H24N3OS+. The first kappa shape index (κ1) is 19.3. The smallest absolute Gasteiger partial charge is 0.317 e. The van der Waals surface area contributed by atoms with E-state index in [0.717, 1.165) is 39.5 Å². The first-order valence-electron chi connectivity index (χ1n) is 9.64. The van der Waals surface area contributed by atoms with E-state index in [-0.39, 0.29) is 5.91 Å². The first-order valence-corrected chi connectivity index (χ1v) is 10.6. The second-order valence-electron chi connectivity index (χ2n) is 7.17. The number of carbonyl (C=O) groups excluding carboxylic acids is 1. The van der Waals surface area contributed by atoms with E-state index < -0.39 is 0 Å². The number of anilines is 1. The molecule has 0 unspecified atom stereocenters. The topological polar surface area (TPSA) is 48.8 Å². The van der Waals surface area contributed by atoms with Gasteiger partial charge in [-0.25, -0.2) is 9.55 Å². The number of rotatable bonds is 6. The molecule has 0 fully saturated rings. The summed E-state index contributed by atoms with van der Waals surface area (Å²) in [7, 11) is 0. The largest absolute Gasteiger partial charge is 0.325 e. The minimum absolute atomic E-state index is 0.00591. The predicted molar refractivity (Wildman–Crippen MR) is 119 cm³/mol. The number of benzene rings is 3. The fourth-order valence-electron chi connectivity index (χ4n) is 3.33. The SMILES string of the molecule is Cc1ccc(C)c(NC(=O)CSc2[nH]c3ccccc3[n+]2Cc2ccccc2)c1. The lowest BCUT2D eigenvalue weighted by molar-refractivity contribution is -0.700. The number of amides is 1. The Morgan fingerprint density at radius 2 is 1.76 bits per heavy atom. The van der Waals surface area contributed by atoms with Crippen LogP contribution in [0.25, 0.3) is 11.0 Å². The monoisotopic (exact) mass is 402 g/mol. The zero-order chi connectivity index (χ0) is 20.2. The molecule has 0 aliphatic rings. The molecule has 2 N–H and O–H groups in total. The van der Waals surface area contributed by atoms with Crippen LogP contribution in [-0.4, -0.2) is 16.6 Å². The Balaban J connectivity index is 1.53. The molecule has 3 aromatic carbocycles. The van der Waals surface area contributed by atoms with Crippen molar-refractivity contribution >= 4 is 34.4 Å². The van der Waals surface area contributed by atoms with E-state index in [4.69, 9.17) is 0 Å². The van der Waals surface area contributed by atoms with Crippen molar-refractivity contribution in [3.05, 3.63) is 89.5 Å². The summed E-state index contributed by atoms with van der Waals surface area (Å²) in [5.74, 6) is 0.336. The van der Waals surface area contributed by atoms with Gasteiger partial charge in [-0.05, 0) is 60.5 Å². The molecule has 29 heavy (non-hydrogen) atoms. The van der Waals surface area contributed by atoms with Crippen molar-refractivity contribution in [2.75, 3.05) is 11.1 Å². The lowest BCUT2D eigenvalue weighted by Gasteiger charge is -2.08. The Hall–Kier alpha value is -3.05. The highest BCUT2D eigenvalue weighted by molar-refractivity contribution is 7.99. The maximum atomic E-state index is 12.6. The van der Waals surface area contributed by atoms with Crippen molar-refractivity contribution in [2.45, 2.75) is 25.5 Å². The van der Waals surface area contributed by atoms with E-state index in [9.17, 15) is 4.79 Å². The number of thioether (sulfide) groups is 1. The fraction of sp³-hybridized carbons (Fsp3) is 0.167. The van der Waals surface area contributed by atoms with E-state index in [2.05, 4.69) is 57.3 Å². The number of para-hydroxylation sites is 2. The minimum atomic E-state index is -0.00591. The van der Waals surface area contributed by atoms with Crippen molar-refractivity contribution < 1.29 is 9.36 Å². The summed E-state index contributed by atoms with van der Waals surface area (Å²) in [6, 6.07) is 24.7. The van der Waals surface area contributed by atoms with Gasteiger partial charge in [0.15, 0.2) is 11.0 Å². The molecule has 0 aliphatic heterocycles. The molecule has 0 aliphatic carbocycles. The molecular weight excluding hydrogens is 378 g/mol. The maximum Gasteiger partial charge on any atom is 0.317 e. The van der Waals surface area contributed by atoms with Crippen LogP contribution in [0.15, 0.2) is 78.0 Å². The van der Waals surface area contributed by atoms with Crippen LogP contribution in [0.4, 0.5) is 5.69 Å². The zero-order valence-electron chi connectivity index (χ0n) is 16.6. The van der Waals surface area contributed by atoms with Crippen molar-refractivity contribution in [1.82, 2.24) is 4.98 Å². The van der Waals surface area contributed by atoms with Crippen LogP contribution < -0.4 is 9.88 Å². The number of fused-ring (bicyclic) bond motifs is 1. The summed E-state index contributed by atoms with van der Waals surface area (Å²) in [5, 5.41) is 4.02. The molecule has 146 valence electrons. The van der Waals surface area contributed by atoms with Crippen LogP contribution in [0, 0.1) is 13.8 Å². The maximum absolute atomic E-state index is 12.6. The number of carbonyl (C=O) groups is 1. The van der Waals surface area contributed by atoms with Crippen LogP contribution in [0.3, 0.4) is 0 Å². The molecule has 4 nitrogen and oxygen atoms in total. The molecule has 0 atom stereocenters. The van der Waals surface area contributed by atoms with E-state index in [0.29, 0.717) is 5.75 Å². The Kier molecular flexibility index (Phi) is 5.67. The Morgan fingerprint density at radius 3 is 2.59 bits per heavy atom. The van der Waals surface area contributed by atoms with Crippen LogP contribution in [0.5, 0.6) is 0 Å². The minimum Gasteiger partial charge on any atom is -0.325 e. The van der Waals surface area contributed by atoms with Crippen LogP contribution in [0.1, 0.15) is 16.7 Å². The highest BCUT2D eigenvalue weighted by Crippen LogP contribution is 2.20. The third kappa shape index (κ3) is 4.51. The predicted octanol–water partition coefficient (Wildman–Crippen LogP) is 4.85. The van der Waals surface area contributed by atoms with Crippen molar-refractivity contribution in [3.8, 4) is 0 Å². The molecule has 4 rings (SSSR count). The Morgan fingerprint density at radius 1 is 1.00 bits per heavy atom. The van der Waals surface area contributed by atoms with Gasteiger partial charge in [-0.3, -0.25) is 4.79 Å². The number of nitrogens with zero attached hydrogens (tertiary/aromatic N) is 1. The average Bonchev–Trinajstić information content (AvgIpc) is 3.07. The number of aryl methyl sites for hydroxylation is 2. The standard InChI is InChI=1S/C24H23N3OS/c1-17-12-13-18(2)21(14-17)25-23(28)16-29-24-26-20-10-6-7-11-22(20)27(24)15-19-8-4-3-5-9-19/h3-14H,15-16H2,1-2H3,(H,25,28)/p+1. The number of aromatic nitrogens is 2. The molecule has 0 radical (unpaired) electrons. The van der Waals surface area contributed by atoms with Gasteiger partial charge < -0.3 is 5.32 Å². The second-order valence-corrected chi connectivity index (χ2v) is 8.14. The second kappa shape index (κ2) is 8.53. The molecule has 1 heterocycles. The van der Waals surface area contributed by atoms with Gasteiger partial charge in [0.1, 0.15) is 6.54 Å². The van der Waals surface area contributed by atoms with Crippen molar-refractivity contribution in [1.29, 1.82) is 0 Å². The van der Waals surface area contributed by atoms with Crippen LogP contribution in [-0.2, 0) is 11.3 Å². The number of imidazole rings is 1. The van der Waals surface area contributed by atoms with Gasteiger partial charge in [0.2, 0.25) is 5.91 Å².